The molecule has 0 aliphatic rings. The van der Waals surface area contributed by atoms with E-state index in [0.29, 0.717) is 0 Å². The van der Waals surface area contributed by atoms with Crippen LogP contribution in [0.3, 0.4) is 0 Å². The predicted octanol–water partition coefficient (Wildman–Crippen LogP) is 1.93. The van der Waals surface area contributed by atoms with Gasteiger partial charge >= 0.3 is 0 Å². The molecule has 0 aromatic heterocycles. The summed E-state index contributed by atoms with van der Waals surface area (Å²) in [5.74, 6) is 1.90. The van der Waals surface area contributed by atoms with Crippen LogP contribution in [0.5, 0.6) is 0 Å². The van der Waals surface area contributed by atoms with Crippen LogP contribution in [-0.4, -0.2) is 24.4 Å². The van der Waals surface area contributed by atoms with Crippen molar-refractivity contribution >= 4 is 12.0 Å². The second-order valence-electron chi connectivity index (χ2n) is 3.28. The summed E-state index contributed by atoms with van der Waals surface area (Å²) in [7, 11) is 1.62. The lowest BCUT2D eigenvalue weighted by Gasteiger charge is -2.09. The van der Waals surface area contributed by atoms with Gasteiger partial charge in [0.05, 0.1) is 6.54 Å². The minimum atomic E-state index is -0.298. The number of hydrogen-bond acceptors (Lipinski definition) is 1. The van der Waals surface area contributed by atoms with Crippen LogP contribution in [-0.2, 0) is 4.79 Å². The minimum Gasteiger partial charge on any atom is -0.331 e. The van der Waals surface area contributed by atoms with E-state index in [0.717, 1.165) is 5.56 Å². The molecule has 0 saturated heterocycles. The van der Waals surface area contributed by atoms with E-state index in [4.69, 9.17) is 6.42 Å². The van der Waals surface area contributed by atoms with Gasteiger partial charge < -0.3 is 4.90 Å². The molecule has 0 aliphatic heterocycles. The van der Waals surface area contributed by atoms with Crippen molar-refractivity contribution in [3.8, 4) is 12.3 Å². The van der Waals surface area contributed by atoms with Crippen LogP contribution in [0.4, 0.5) is 4.39 Å². The van der Waals surface area contributed by atoms with Gasteiger partial charge in [-0.3, -0.25) is 4.79 Å². The van der Waals surface area contributed by atoms with Gasteiger partial charge in [-0.2, -0.15) is 0 Å². The molecule has 0 heterocycles. The lowest BCUT2D eigenvalue weighted by atomic mass is 10.2. The summed E-state index contributed by atoms with van der Waals surface area (Å²) >= 11 is 0. The van der Waals surface area contributed by atoms with Crippen molar-refractivity contribution in [2.45, 2.75) is 0 Å². The van der Waals surface area contributed by atoms with Gasteiger partial charge in [-0.15, -0.1) is 6.42 Å². The number of benzene rings is 1. The van der Waals surface area contributed by atoms with E-state index in [2.05, 4.69) is 5.92 Å². The van der Waals surface area contributed by atoms with Gasteiger partial charge in [0.1, 0.15) is 5.82 Å². The first kappa shape index (κ1) is 12.0. The van der Waals surface area contributed by atoms with Gasteiger partial charge in [0.25, 0.3) is 0 Å². The highest BCUT2D eigenvalue weighted by Gasteiger charge is 2.01. The van der Waals surface area contributed by atoms with Gasteiger partial charge in [-0.25, -0.2) is 4.39 Å². The van der Waals surface area contributed by atoms with E-state index in [-0.39, 0.29) is 18.3 Å². The van der Waals surface area contributed by atoms with Crippen LogP contribution >= 0.6 is 0 Å². The molecule has 0 fully saturated rings. The molecule has 0 saturated carbocycles. The van der Waals surface area contributed by atoms with Crippen LogP contribution < -0.4 is 0 Å². The first-order valence-corrected chi connectivity index (χ1v) is 4.75. The van der Waals surface area contributed by atoms with Crippen molar-refractivity contribution in [2.75, 3.05) is 13.6 Å². The van der Waals surface area contributed by atoms with Gasteiger partial charge in [0.2, 0.25) is 5.91 Å². The fourth-order valence-corrected chi connectivity index (χ4v) is 1.08. The average molecular weight is 217 g/mol. The monoisotopic (exact) mass is 217 g/mol. The predicted molar refractivity (Wildman–Crippen MR) is 61.9 cm³/mol. The number of carbonyl (C=O) groups excluding carboxylic acids is 1. The van der Waals surface area contributed by atoms with Crippen molar-refractivity contribution in [3.63, 3.8) is 0 Å². The Bertz CT molecular complexity index is 428. The van der Waals surface area contributed by atoms with Gasteiger partial charge in [0, 0.05) is 13.1 Å². The van der Waals surface area contributed by atoms with Crippen LogP contribution in [0.25, 0.3) is 6.08 Å². The summed E-state index contributed by atoms with van der Waals surface area (Å²) in [5, 5.41) is 0. The molecule has 1 rings (SSSR count). The van der Waals surface area contributed by atoms with E-state index in [1.165, 1.54) is 23.1 Å². The summed E-state index contributed by atoms with van der Waals surface area (Å²) in [6, 6.07) is 5.88. The van der Waals surface area contributed by atoms with Crippen LogP contribution in [0.1, 0.15) is 5.56 Å². The van der Waals surface area contributed by atoms with Crippen LogP contribution in [0.15, 0.2) is 30.3 Å². The SMILES string of the molecule is C#CCN(C)C(=O)/C=C/c1ccc(F)cc1. The standard InChI is InChI=1S/C13H12FNO/c1-3-10-15(2)13(16)9-6-11-4-7-12(14)8-5-11/h1,4-9H,10H2,2H3/b9-6+. The molecular weight excluding hydrogens is 205 g/mol. The number of rotatable bonds is 3. The molecule has 1 amide bonds. The van der Waals surface area contributed by atoms with Crippen molar-refractivity contribution in [1.82, 2.24) is 4.90 Å². The lowest BCUT2D eigenvalue weighted by Crippen LogP contribution is -2.24. The molecule has 0 N–H and O–H groups in total. The Morgan fingerprint density at radius 1 is 1.50 bits per heavy atom. The highest BCUT2D eigenvalue weighted by Crippen LogP contribution is 2.04. The van der Waals surface area contributed by atoms with Crippen molar-refractivity contribution in [3.05, 3.63) is 41.7 Å². The molecule has 0 radical (unpaired) electrons. The molecule has 2 nitrogen and oxygen atoms in total. The summed E-state index contributed by atoms with van der Waals surface area (Å²) in [5.41, 5.74) is 0.767. The fourth-order valence-electron chi connectivity index (χ4n) is 1.08. The van der Waals surface area contributed by atoms with Gasteiger partial charge in [0.15, 0.2) is 0 Å². The van der Waals surface area contributed by atoms with Crippen LogP contribution in [0, 0.1) is 18.2 Å². The van der Waals surface area contributed by atoms with Gasteiger partial charge in [-0.05, 0) is 23.8 Å². The molecule has 0 aliphatic carbocycles. The number of nitrogens with zero attached hydrogens (tertiary/aromatic N) is 1. The highest BCUT2D eigenvalue weighted by atomic mass is 19.1. The molecule has 0 bridgehead atoms. The Balaban J connectivity index is 2.64. The molecule has 0 unspecified atom stereocenters. The number of likely N-dealkylation sites (N-methyl/N-ethyl adjacent to an activating group) is 1. The first-order chi connectivity index (χ1) is 7.63. The average Bonchev–Trinajstić information content (AvgIpc) is 2.28. The zero-order chi connectivity index (χ0) is 12.0. The number of amides is 1. The Morgan fingerprint density at radius 2 is 2.12 bits per heavy atom. The molecule has 82 valence electrons. The maximum atomic E-state index is 12.6. The van der Waals surface area contributed by atoms with E-state index in [1.807, 2.05) is 0 Å². The Kier molecular flexibility index (Phi) is 4.28. The van der Waals surface area contributed by atoms with E-state index >= 15 is 0 Å². The number of hydrogen-bond donors (Lipinski definition) is 0. The third-order valence-corrected chi connectivity index (χ3v) is 1.99. The summed E-state index contributed by atoms with van der Waals surface area (Å²) < 4.78 is 12.6. The largest absolute Gasteiger partial charge is 0.331 e. The molecule has 16 heavy (non-hydrogen) atoms. The molecule has 1 aromatic carbocycles. The van der Waals surface area contributed by atoms with Gasteiger partial charge in [-0.1, -0.05) is 18.1 Å². The third-order valence-electron chi connectivity index (χ3n) is 1.99. The zero-order valence-corrected chi connectivity index (χ0v) is 8.98. The molecule has 1 aromatic rings. The Morgan fingerprint density at radius 3 is 2.69 bits per heavy atom. The summed E-state index contributed by atoms with van der Waals surface area (Å²) in [4.78, 5) is 12.9. The molecule has 0 atom stereocenters. The normalized spacial score (nSPS) is 10.1. The van der Waals surface area contributed by atoms with Crippen LogP contribution in [0.2, 0.25) is 0 Å². The lowest BCUT2D eigenvalue weighted by molar-refractivity contribution is -0.124. The smallest absolute Gasteiger partial charge is 0.247 e. The second-order valence-corrected chi connectivity index (χ2v) is 3.28. The van der Waals surface area contributed by atoms with Crippen molar-refractivity contribution in [2.24, 2.45) is 0 Å². The minimum absolute atomic E-state index is 0.178. The molecular formula is C13H12FNO. The van der Waals surface area contributed by atoms with E-state index < -0.39 is 0 Å². The zero-order valence-electron chi connectivity index (χ0n) is 8.98. The van der Waals surface area contributed by atoms with E-state index in [1.54, 1.807) is 25.3 Å². The maximum absolute atomic E-state index is 12.6. The molecule has 0 spiro atoms. The first-order valence-electron chi connectivity index (χ1n) is 4.75. The van der Waals surface area contributed by atoms with Crippen molar-refractivity contribution < 1.29 is 9.18 Å². The number of halogens is 1. The van der Waals surface area contributed by atoms with E-state index in [9.17, 15) is 9.18 Å². The summed E-state index contributed by atoms with van der Waals surface area (Å²) in [6.45, 7) is 0.270. The summed E-state index contributed by atoms with van der Waals surface area (Å²) in [6.07, 6.45) is 8.11. The topological polar surface area (TPSA) is 20.3 Å². The number of terminal acetylenes is 1. The Hall–Kier alpha value is -2.08. The highest BCUT2D eigenvalue weighted by molar-refractivity contribution is 5.91. The molecule has 3 heteroatoms. The third kappa shape index (κ3) is 3.58. The van der Waals surface area contributed by atoms with Crippen molar-refractivity contribution in [1.29, 1.82) is 0 Å². The maximum Gasteiger partial charge on any atom is 0.247 e. The quantitative estimate of drug-likeness (QED) is 0.559. The Labute approximate surface area is 94.4 Å². The number of carbonyl (C=O) groups is 1. The second kappa shape index (κ2) is 5.72. The fraction of sp³-hybridized carbons (Fsp3) is 0.154.